The number of nitro benzene ring substituents is 1. The lowest BCUT2D eigenvalue weighted by molar-refractivity contribution is -0.387. The topological polar surface area (TPSA) is 107 Å². The molecule has 0 unspecified atom stereocenters. The fourth-order valence-corrected chi connectivity index (χ4v) is 4.02. The fraction of sp³-hybridized carbons (Fsp3) is 0.500. The van der Waals surface area contributed by atoms with E-state index >= 15 is 0 Å². The maximum absolute atomic E-state index is 13.4. The number of halogens is 1. The number of rotatable bonds is 5. The standard InChI is InChI=1S/C14H17FN2O6S/c1-2-23-14(18)10-5-7-16(8-6-10)24(21,22)11-3-4-12(15)13(9-11)17(19)20/h3-4,9-10H,2,5-8H2,1H3. The maximum Gasteiger partial charge on any atom is 0.309 e. The number of hydrogen-bond donors (Lipinski definition) is 0. The van der Waals surface area contributed by atoms with Gasteiger partial charge in [0.2, 0.25) is 15.8 Å². The number of ether oxygens (including phenoxy) is 1. The van der Waals surface area contributed by atoms with Crippen LogP contribution in [0.1, 0.15) is 19.8 Å². The first-order chi connectivity index (χ1) is 11.3. The minimum Gasteiger partial charge on any atom is -0.466 e. The summed E-state index contributed by atoms with van der Waals surface area (Å²) in [6.45, 7) is 2.14. The van der Waals surface area contributed by atoms with E-state index in [1.165, 1.54) is 0 Å². The highest BCUT2D eigenvalue weighted by molar-refractivity contribution is 7.89. The van der Waals surface area contributed by atoms with Gasteiger partial charge in [0.1, 0.15) is 0 Å². The maximum atomic E-state index is 13.4. The molecular weight excluding hydrogens is 343 g/mol. The van der Waals surface area contributed by atoms with E-state index in [0.29, 0.717) is 18.9 Å². The number of nitrogens with zero attached hydrogens (tertiary/aromatic N) is 2. The molecule has 0 aromatic heterocycles. The van der Waals surface area contributed by atoms with Gasteiger partial charge in [-0.1, -0.05) is 0 Å². The Bertz CT molecular complexity index is 744. The van der Waals surface area contributed by atoms with Crippen molar-refractivity contribution in [1.82, 2.24) is 4.31 Å². The summed E-state index contributed by atoms with van der Waals surface area (Å²) in [7, 11) is -3.99. The number of sulfonamides is 1. The van der Waals surface area contributed by atoms with E-state index in [4.69, 9.17) is 4.74 Å². The van der Waals surface area contributed by atoms with Gasteiger partial charge in [-0.05, 0) is 31.9 Å². The minimum absolute atomic E-state index is 0.0942. The van der Waals surface area contributed by atoms with Crippen molar-refractivity contribution in [3.8, 4) is 0 Å². The smallest absolute Gasteiger partial charge is 0.309 e. The number of carbonyl (C=O) groups is 1. The molecule has 8 nitrogen and oxygen atoms in total. The van der Waals surface area contributed by atoms with Crippen molar-refractivity contribution >= 4 is 21.7 Å². The molecule has 1 aromatic rings. The van der Waals surface area contributed by atoms with Gasteiger partial charge in [0, 0.05) is 19.2 Å². The summed E-state index contributed by atoms with van der Waals surface area (Å²) in [5.41, 5.74) is -0.891. The van der Waals surface area contributed by atoms with Gasteiger partial charge in [0.25, 0.3) is 0 Å². The first-order valence-corrected chi connectivity index (χ1v) is 8.82. The molecule has 0 saturated carbocycles. The molecule has 0 radical (unpaired) electrons. The van der Waals surface area contributed by atoms with E-state index in [-0.39, 0.29) is 36.5 Å². The van der Waals surface area contributed by atoms with E-state index in [1.54, 1.807) is 6.92 Å². The molecule has 1 heterocycles. The first kappa shape index (κ1) is 18.3. The molecule has 10 heteroatoms. The third-order valence-electron chi connectivity index (χ3n) is 3.83. The molecule has 0 spiro atoms. The van der Waals surface area contributed by atoms with Crippen LogP contribution in [-0.2, 0) is 19.6 Å². The van der Waals surface area contributed by atoms with Crippen molar-refractivity contribution in [2.45, 2.75) is 24.7 Å². The molecule has 0 atom stereocenters. The van der Waals surface area contributed by atoms with Crippen LogP contribution >= 0.6 is 0 Å². The van der Waals surface area contributed by atoms with Crippen LogP contribution < -0.4 is 0 Å². The normalized spacial score (nSPS) is 16.8. The van der Waals surface area contributed by atoms with Gasteiger partial charge in [-0.2, -0.15) is 8.70 Å². The van der Waals surface area contributed by atoms with Crippen LogP contribution in [0.5, 0.6) is 0 Å². The summed E-state index contributed by atoms with van der Waals surface area (Å²) in [5.74, 6) is -1.81. The van der Waals surface area contributed by atoms with Crippen molar-refractivity contribution in [3.63, 3.8) is 0 Å². The molecule has 0 aliphatic carbocycles. The van der Waals surface area contributed by atoms with E-state index in [1.807, 2.05) is 0 Å². The molecule has 0 N–H and O–H groups in total. The van der Waals surface area contributed by atoms with Gasteiger partial charge in [0.05, 0.1) is 22.3 Å². The SMILES string of the molecule is CCOC(=O)C1CCN(S(=O)(=O)c2ccc(F)c([N+](=O)[O-])c2)CC1. The molecule has 1 aliphatic heterocycles. The Hall–Kier alpha value is -2.07. The predicted molar refractivity (Wildman–Crippen MR) is 81.2 cm³/mol. The van der Waals surface area contributed by atoms with Crippen molar-refractivity contribution in [2.75, 3.05) is 19.7 Å². The summed E-state index contributed by atoms with van der Waals surface area (Å²) in [5, 5.41) is 10.8. The lowest BCUT2D eigenvalue weighted by Gasteiger charge is -2.30. The third kappa shape index (κ3) is 3.70. The number of piperidine rings is 1. The number of benzene rings is 1. The van der Waals surface area contributed by atoms with Crippen LogP contribution in [0.4, 0.5) is 10.1 Å². The Morgan fingerprint density at radius 3 is 2.58 bits per heavy atom. The Morgan fingerprint density at radius 1 is 1.42 bits per heavy atom. The summed E-state index contributed by atoms with van der Waals surface area (Å²) >= 11 is 0. The molecule has 1 fully saturated rings. The molecule has 24 heavy (non-hydrogen) atoms. The van der Waals surface area contributed by atoms with Crippen LogP contribution in [0, 0.1) is 21.8 Å². The van der Waals surface area contributed by atoms with Crippen molar-refractivity contribution < 1.29 is 27.3 Å². The fourth-order valence-electron chi connectivity index (χ4n) is 2.53. The zero-order valence-corrected chi connectivity index (χ0v) is 13.8. The number of nitro groups is 1. The highest BCUT2D eigenvalue weighted by Gasteiger charge is 2.33. The lowest BCUT2D eigenvalue weighted by atomic mass is 9.98. The summed E-state index contributed by atoms with van der Waals surface area (Å²) in [6, 6.07) is 2.47. The minimum atomic E-state index is -3.99. The molecule has 1 aromatic carbocycles. The van der Waals surface area contributed by atoms with Crippen LogP contribution in [0.15, 0.2) is 23.1 Å². The van der Waals surface area contributed by atoms with Crippen molar-refractivity contribution in [1.29, 1.82) is 0 Å². The second-order valence-corrected chi connectivity index (χ2v) is 7.24. The number of carbonyl (C=O) groups excluding carboxylic acids is 1. The Labute approximate surface area is 138 Å². The molecule has 1 aliphatic rings. The number of esters is 1. The molecular formula is C14H17FN2O6S. The van der Waals surface area contributed by atoms with Crippen LogP contribution in [-0.4, -0.2) is 43.3 Å². The second kappa shape index (κ2) is 7.22. The average molecular weight is 360 g/mol. The van der Waals surface area contributed by atoms with Crippen molar-refractivity contribution in [3.05, 3.63) is 34.1 Å². The van der Waals surface area contributed by atoms with Gasteiger partial charge < -0.3 is 4.74 Å². The second-order valence-electron chi connectivity index (χ2n) is 5.30. The van der Waals surface area contributed by atoms with Crippen molar-refractivity contribution in [2.24, 2.45) is 5.92 Å². The number of hydrogen-bond acceptors (Lipinski definition) is 6. The zero-order chi connectivity index (χ0) is 17.9. The highest BCUT2D eigenvalue weighted by atomic mass is 32.2. The average Bonchev–Trinajstić information content (AvgIpc) is 2.55. The molecule has 0 bridgehead atoms. The van der Waals surface area contributed by atoms with Crippen LogP contribution in [0.25, 0.3) is 0 Å². The highest BCUT2D eigenvalue weighted by Crippen LogP contribution is 2.27. The van der Waals surface area contributed by atoms with Gasteiger partial charge in [0.15, 0.2) is 0 Å². The van der Waals surface area contributed by atoms with E-state index in [2.05, 4.69) is 0 Å². The largest absolute Gasteiger partial charge is 0.466 e. The Morgan fingerprint density at radius 2 is 2.04 bits per heavy atom. The van der Waals surface area contributed by atoms with E-state index in [9.17, 15) is 27.7 Å². The monoisotopic (exact) mass is 360 g/mol. The Kier molecular flexibility index (Phi) is 5.50. The third-order valence-corrected chi connectivity index (χ3v) is 5.72. The molecule has 1 saturated heterocycles. The first-order valence-electron chi connectivity index (χ1n) is 7.38. The quantitative estimate of drug-likeness (QED) is 0.449. The van der Waals surface area contributed by atoms with Gasteiger partial charge >= 0.3 is 11.7 Å². The summed E-state index contributed by atoms with van der Waals surface area (Å²) in [4.78, 5) is 21.1. The molecule has 132 valence electrons. The summed E-state index contributed by atoms with van der Waals surface area (Å²) in [6.07, 6.45) is 0.614. The van der Waals surface area contributed by atoms with Gasteiger partial charge in [-0.25, -0.2) is 8.42 Å². The van der Waals surface area contributed by atoms with Crippen LogP contribution in [0.2, 0.25) is 0 Å². The van der Waals surface area contributed by atoms with Crippen LogP contribution in [0.3, 0.4) is 0 Å². The Balaban J connectivity index is 2.16. The van der Waals surface area contributed by atoms with E-state index < -0.39 is 26.5 Å². The van der Waals surface area contributed by atoms with Gasteiger partial charge in [-0.15, -0.1) is 0 Å². The predicted octanol–water partition coefficient (Wildman–Crippen LogP) is 1.70. The van der Waals surface area contributed by atoms with Gasteiger partial charge in [-0.3, -0.25) is 14.9 Å². The zero-order valence-electron chi connectivity index (χ0n) is 13.0. The molecule has 0 amide bonds. The summed E-state index contributed by atoms with van der Waals surface area (Å²) < 4.78 is 44.5. The lowest BCUT2D eigenvalue weighted by Crippen LogP contribution is -2.40. The van der Waals surface area contributed by atoms with E-state index in [0.717, 1.165) is 16.4 Å². The molecule has 2 rings (SSSR count).